The van der Waals surface area contributed by atoms with Gasteiger partial charge in [-0.05, 0) is 38.0 Å². The van der Waals surface area contributed by atoms with E-state index in [9.17, 15) is 39.6 Å². The van der Waals surface area contributed by atoms with Crippen LogP contribution < -0.4 is 0 Å². The summed E-state index contributed by atoms with van der Waals surface area (Å²) in [7, 11) is 0. The van der Waals surface area contributed by atoms with Gasteiger partial charge in [0.05, 0.1) is 11.8 Å². The highest BCUT2D eigenvalue weighted by atomic mass is 16.4. The molecule has 0 aliphatic carbocycles. The van der Waals surface area contributed by atoms with E-state index in [2.05, 4.69) is 20.8 Å². The van der Waals surface area contributed by atoms with Gasteiger partial charge in [-0.15, -0.1) is 0 Å². The summed E-state index contributed by atoms with van der Waals surface area (Å²) in [5, 5.41) is 47.7. The smallest absolute Gasteiger partial charge is 0.337 e. The third-order valence-corrected chi connectivity index (χ3v) is 9.84. The second-order valence-electron chi connectivity index (χ2n) is 12.8. The molecule has 4 unspecified atom stereocenters. The summed E-state index contributed by atoms with van der Waals surface area (Å²) in [5.41, 5.74) is -4.90. The van der Waals surface area contributed by atoms with Crippen LogP contribution in [0.1, 0.15) is 176 Å². The molecule has 0 amide bonds. The van der Waals surface area contributed by atoms with Crippen LogP contribution in [0.4, 0.5) is 0 Å². The lowest BCUT2D eigenvalue weighted by Gasteiger charge is -2.43. The molecule has 266 valence electrons. The molecule has 0 saturated heterocycles. The van der Waals surface area contributed by atoms with Crippen molar-refractivity contribution >= 4 is 23.9 Å². The maximum absolute atomic E-state index is 11.7. The first-order chi connectivity index (χ1) is 21.3. The van der Waals surface area contributed by atoms with Crippen molar-refractivity contribution in [3.63, 3.8) is 0 Å². The first-order valence-corrected chi connectivity index (χ1v) is 18.0. The SMILES string of the molecule is CCC(C(=O)O)C(O)(C(=O)O)C(CC)(CC)C(=O)O.CCCCCCCCCCCCCCC(C(=O)O)C(CC)CCCCC. The molecule has 0 aromatic rings. The quantitative estimate of drug-likeness (QED) is 0.0521. The van der Waals surface area contributed by atoms with Gasteiger partial charge >= 0.3 is 23.9 Å². The van der Waals surface area contributed by atoms with Crippen molar-refractivity contribution in [2.75, 3.05) is 0 Å². The van der Waals surface area contributed by atoms with Crippen molar-refractivity contribution in [2.45, 2.75) is 182 Å². The van der Waals surface area contributed by atoms with Gasteiger partial charge in [0, 0.05) is 0 Å². The molecule has 9 heteroatoms. The van der Waals surface area contributed by atoms with Gasteiger partial charge in [-0.3, -0.25) is 14.4 Å². The zero-order chi connectivity index (χ0) is 34.9. The molecule has 0 rings (SSSR count). The fraction of sp³-hybridized carbons (Fsp3) is 0.889. The van der Waals surface area contributed by atoms with Gasteiger partial charge in [0.2, 0.25) is 0 Å². The Morgan fingerprint density at radius 3 is 1.22 bits per heavy atom. The Bertz CT molecular complexity index is 808. The fourth-order valence-electron chi connectivity index (χ4n) is 6.70. The lowest BCUT2D eigenvalue weighted by molar-refractivity contribution is -0.205. The van der Waals surface area contributed by atoms with E-state index in [4.69, 9.17) is 5.11 Å². The van der Waals surface area contributed by atoms with Crippen molar-refractivity contribution in [2.24, 2.45) is 23.2 Å². The number of hydrogen-bond acceptors (Lipinski definition) is 5. The van der Waals surface area contributed by atoms with Gasteiger partial charge < -0.3 is 25.5 Å². The number of carbonyl (C=O) groups is 4. The molecule has 0 bridgehead atoms. The van der Waals surface area contributed by atoms with Crippen LogP contribution in [0.25, 0.3) is 0 Å². The first kappa shape index (κ1) is 45.0. The normalized spacial score (nSPS) is 14.8. The van der Waals surface area contributed by atoms with Gasteiger partial charge in [0.15, 0.2) is 5.60 Å². The largest absolute Gasteiger partial charge is 0.481 e. The maximum atomic E-state index is 11.7. The van der Waals surface area contributed by atoms with Crippen LogP contribution in [0.15, 0.2) is 0 Å². The van der Waals surface area contributed by atoms with E-state index in [0.29, 0.717) is 5.92 Å². The summed E-state index contributed by atoms with van der Waals surface area (Å²) in [6, 6.07) is 0. The van der Waals surface area contributed by atoms with Gasteiger partial charge in [0.25, 0.3) is 0 Å². The number of aliphatic carboxylic acids is 4. The Morgan fingerprint density at radius 2 is 0.911 bits per heavy atom. The second-order valence-corrected chi connectivity index (χ2v) is 12.8. The standard InChI is InChI=1S/C24H48O2.C12H20O7/c1-4-7-9-10-11-12-13-14-15-16-17-19-21-23(24(25)26)22(6-3)20-18-8-5-2;1-4-7(8(13)14)12(19,10(17)18)11(5-2,6-3)9(15)16/h22-23H,4-21H2,1-3H3,(H,25,26);7,19H,4-6H2,1-3H3,(H,13,14)(H,15,16)(H,17,18). The molecule has 0 spiro atoms. The van der Waals surface area contributed by atoms with Crippen LogP contribution in [-0.4, -0.2) is 55.0 Å². The van der Waals surface area contributed by atoms with Crippen LogP contribution in [-0.2, 0) is 19.2 Å². The molecule has 0 heterocycles. The molecule has 0 aromatic heterocycles. The molecule has 0 aliphatic rings. The summed E-state index contributed by atoms with van der Waals surface area (Å²) >= 11 is 0. The third-order valence-electron chi connectivity index (χ3n) is 9.84. The van der Waals surface area contributed by atoms with Crippen LogP contribution in [0.5, 0.6) is 0 Å². The minimum Gasteiger partial charge on any atom is -0.481 e. The number of aliphatic hydroxyl groups is 1. The highest BCUT2D eigenvalue weighted by Crippen LogP contribution is 2.45. The predicted octanol–water partition coefficient (Wildman–Crippen LogP) is 9.19. The van der Waals surface area contributed by atoms with Crippen molar-refractivity contribution in [3.05, 3.63) is 0 Å². The Balaban J connectivity index is 0. The van der Waals surface area contributed by atoms with E-state index in [0.717, 1.165) is 25.7 Å². The fourth-order valence-corrected chi connectivity index (χ4v) is 6.70. The van der Waals surface area contributed by atoms with E-state index in [-0.39, 0.29) is 25.2 Å². The minimum absolute atomic E-state index is 0.111. The zero-order valence-corrected chi connectivity index (χ0v) is 29.5. The lowest BCUT2D eigenvalue weighted by atomic mass is 9.61. The number of unbranched alkanes of at least 4 members (excludes halogenated alkanes) is 13. The molecule has 0 aliphatic heterocycles. The maximum Gasteiger partial charge on any atom is 0.337 e. The van der Waals surface area contributed by atoms with E-state index in [1.807, 2.05) is 0 Å². The molecule has 4 atom stereocenters. The van der Waals surface area contributed by atoms with Crippen molar-refractivity contribution in [1.29, 1.82) is 0 Å². The third kappa shape index (κ3) is 15.3. The predicted molar refractivity (Wildman–Crippen MR) is 179 cm³/mol. The molecule has 5 N–H and O–H groups in total. The molecule has 0 fully saturated rings. The molecule has 0 aromatic carbocycles. The summed E-state index contributed by atoms with van der Waals surface area (Å²) in [6.07, 6.45) is 22.1. The number of hydrogen-bond donors (Lipinski definition) is 5. The van der Waals surface area contributed by atoms with Crippen molar-refractivity contribution in [3.8, 4) is 0 Å². The Kier molecular flexibility index (Phi) is 25.9. The number of rotatable bonds is 28. The molecule has 45 heavy (non-hydrogen) atoms. The van der Waals surface area contributed by atoms with Crippen LogP contribution in [0.3, 0.4) is 0 Å². The van der Waals surface area contributed by atoms with Crippen molar-refractivity contribution < 1.29 is 44.7 Å². The van der Waals surface area contributed by atoms with Crippen LogP contribution in [0, 0.1) is 23.2 Å². The van der Waals surface area contributed by atoms with Gasteiger partial charge in [0.1, 0.15) is 5.41 Å². The Morgan fingerprint density at radius 1 is 0.511 bits per heavy atom. The first-order valence-electron chi connectivity index (χ1n) is 18.0. The summed E-state index contributed by atoms with van der Waals surface area (Å²) < 4.78 is 0. The topological polar surface area (TPSA) is 169 Å². The van der Waals surface area contributed by atoms with Crippen LogP contribution >= 0.6 is 0 Å². The monoisotopic (exact) mass is 644 g/mol. The van der Waals surface area contributed by atoms with Crippen molar-refractivity contribution in [1.82, 2.24) is 0 Å². The lowest BCUT2D eigenvalue weighted by Crippen LogP contribution is -2.63. The van der Waals surface area contributed by atoms with E-state index in [1.165, 1.54) is 111 Å². The highest BCUT2D eigenvalue weighted by Gasteiger charge is 2.64. The summed E-state index contributed by atoms with van der Waals surface area (Å²) in [4.78, 5) is 45.7. The Hall–Kier alpha value is -2.16. The van der Waals surface area contributed by atoms with E-state index >= 15 is 0 Å². The molecule has 0 saturated carbocycles. The molecule has 0 radical (unpaired) electrons. The van der Waals surface area contributed by atoms with Gasteiger partial charge in [-0.25, -0.2) is 4.79 Å². The molecular formula is C36H68O9. The summed E-state index contributed by atoms with van der Waals surface area (Å²) in [5.74, 6) is -6.85. The summed E-state index contributed by atoms with van der Waals surface area (Å²) in [6.45, 7) is 10.9. The van der Waals surface area contributed by atoms with Crippen LogP contribution in [0.2, 0.25) is 0 Å². The highest BCUT2D eigenvalue weighted by molar-refractivity contribution is 5.93. The minimum atomic E-state index is -2.86. The number of carboxylic acid groups (broad SMARTS) is 4. The molecular weight excluding hydrogens is 576 g/mol. The second kappa shape index (κ2) is 26.0. The van der Waals surface area contributed by atoms with E-state index in [1.54, 1.807) is 0 Å². The zero-order valence-electron chi connectivity index (χ0n) is 29.5. The Labute approximate surface area is 273 Å². The average molecular weight is 645 g/mol. The van der Waals surface area contributed by atoms with E-state index < -0.39 is 40.8 Å². The molecule has 9 nitrogen and oxygen atoms in total. The van der Waals surface area contributed by atoms with Gasteiger partial charge in [-0.1, -0.05) is 144 Å². The number of carboxylic acids is 4. The average Bonchev–Trinajstić information content (AvgIpc) is 2.99. The van der Waals surface area contributed by atoms with Gasteiger partial charge in [-0.2, -0.15) is 0 Å².